The van der Waals surface area contributed by atoms with E-state index in [9.17, 15) is 9.90 Å². The average Bonchev–Trinajstić information content (AvgIpc) is 3.07. The minimum absolute atomic E-state index is 0.0401. The third-order valence-electron chi connectivity index (χ3n) is 7.31. The van der Waals surface area contributed by atoms with E-state index in [-0.39, 0.29) is 11.3 Å². The quantitative estimate of drug-likeness (QED) is 0.861. The number of carbonyl (C=O) groups excluding carboxylic acids is 1. The van der Waals surface area contributed by atoms with Crippen LogP contribution in [0.3, 0.4) is 0 Å². The summed E-state index contributed by atoms with van der Waals surface area (Å²) in [5.74, 6) is 1.38. The van der Waals surface area contributed by atoms with Crippen molar-refractivity contribution in [2.45, 2.75) is 63.4 Å². The van der Waals surface area contributed by atoms with Crippen molar-refractivity contribution in [3.8, 4) is 0 Å². The van der Waals surface area contributed by atoms with E-state index in [0.717, 1.165) is 50.9 Å². The number of nitrogens with one attached hydrogen (secondary N) is 1. The molecule has 26 heavy (non-hydrogen) atoms. The lowest BCUT2D eigenvalue weighted by Gasteiger charge is -2.60. The molecule has 1 heterocycles. The number of aliphatic hydroxyl groups is 1. The number of nitrogens with zero attached hydrogens (tertiary/aromatic N) is 1. The van der Waals surface area contributed by atoms with Crippen LogP contribution in [0.15, 0.2) is 24.3 Å². The summed E-state index contributed by atoms with van der Waals surface area (Å²) in [4.78, 5) is 15.1. The fourth-order valence-corrected chi connectivity index (χ4v) is 6.89. The lowest BCUT2D eigenvalue weighted by molar-refractivity contribution is -0.167. The first-order valence-corrected chi connectivity index (χ1v) is 10.4. The third kappa shape index (κ3) is 3.02. The van der Waals surface area contributed by atoms with Gasteiger partial charge in [0, 0.05) is 30.9 Å². The highest BCUT2D eigenvalue weighted by atomic mass is 16.3. The molecule has 0 radical (unpaired) electrons. The lowest BCUT2D eigenvalue weighted by atomic mass is 9.47. The number of benzene rings is 1. The van der Waals surface area contributed by atoms with Crippen molar-refractivity contribution in [3.63, 3.8) is 0 Å². The van der Waals surface area contributed by atoms with Crippen LogP contribution < -0.4 is 10.2 Å². The number of anilines is 2. The number of amides is 1. The van der Waals surface area contributed by atoms with Crippen LogP contribution in [-0.4, -0.2) is 29.7 Å². The van der Waals surface area contributed by atoms with Gasteiger partial charge < -0.3 is 15.3 Å². The highest BCUT2D eigenvalue weighted by Gasteiger charge is 2.57. The summed E-state index contributed by atoms with van der Waals surface area (Å²) in [6.45, 7) is 2.28. The Labute approximate surface area is 156 Å². The van der Waals surface area contributed by atoms with Crippen LogP contribution in [0.4, 0.5) is 11.4 Å². The third-order valence-corrected chi connectivity index (χ3v) is 7.31. The van der Waals surface area contributed by atoms with E-state index in [2.05, 4.69) is 22.3 Å². The van der Waals surface area contributed by atoms with E-state index < -0.39 is 5.60 Å². The highest BCUT2D eigenvalue weighted by molar-refractivity contribution is 5.91. The van der Waals surface area contributed by atoms with Gasteiger partial charge in [-0.25, -0.2) is 0 Å². The zero-order valence-electron chi connectivity index (χ0n) is 15.5. The summed E-state index contributed by atoms with van der Waals surface area (Å²) in [6.07, 6.45) is 9.40. The molecule has 4 bridgehead atoms. The van der Waals surface area contributed by atoms with Gasteiger partial charge in [-0.15, -0.1) is 0 Å². The Morgan fingerprint density at radius 3 is 2.35 bits per heavy atom. The standard InChI is InChI=1S/C22H30N2O2/c25-20(23-18-3-5-19(6-4-18)24-7-1-2-8-24)14-21-10-16-9-17(11-21)13-22(26,12-16)15-21/h3-6,16-17,26H,1-2,7-15H2,(H,23,25)/t16-,17-,21?,22?/m1/s1. The van der Waals surface area contributed by atoms with Gasteiger partial charge in [-0.05, 0) is 92.9 Å². The van der Waals surface area contributed by atoms with Crippen molar-refractivity contribution in [2.75, 3.05) is 23.3 Å². The second-order valence-corrected chi connectivity index (χ2v) is 9.65. The maximum absolute atomic E-state index is 12.7. The van der Waals surface area contributed by atoms with Gasteiger partial charge in [-0.1, -0.05) is 0 Å². The SMILES string of the molecule is O=C(CC12C[C@H]3C[C@@H](CC(O)(C3)C1)C2)Nc1ccc(N2CCCC2)cc1. The molecule has 5 aliphatic rings. The average molecular weight is 354 g/mol. The molecule has 1 aromatic rings. The Kier molecular flexibility index (Phi) is 3.82. The van der Waals surface area contributed by atoms with Crippen LogP contribution in [0.1, 0.15) is 57.8 Å². The van der Waals surface area contributed by atoms with Gasteiger partial charge >= 0.3 is 0 Å². The smallest absolute Gasteiger partial charge is 0.224 e. The Morgan fingerprint density at radius 1 is 1.08 bits per heavy atom. The molecule has 4 nitrogen and oxygen atoms in total. The summed E-state index contributed by atoms with van der Waals surface area (Å²) in [5, 5.41) is 14.0. The van der Waals surface area contributed by atoms with Crippen molar-refractivity contribution < 1.29 is 9.90 Å². The lowest BCUT2D eigenvalue weighted by Crippen LogP contribution is -2.56. The minimum Gasteiger partial charge on any atom is -0.390 e. The minimum atomic E-state index is -0.484. The number of hydrogen-bond acceptors (Lipinski definition) is 3. The summed E-state index contributed by atoms with van der Waals surface area (Å²) in [5.41, 5.74) is 1.70. The second kappa shape index (κ2) is 5.98. The molecular formula is C22H30N2O2. The van der Waals surface area contributed by atoms with Crippen molar-refractivity contribution >= 4 is 17.3 Å². The van der Waals surface area contributed by atoms with Crippen LogP contribution in [0, 0.1) is 17.3 Å². The van der Waals surface area contributed by atoms with Crippen molar-refractivity contribution in [1.29, 1.82) is 0 Å². The molecule has 4 aliphatic carbocycles. The molecule has 4 saturated carbocycles. The highest BCUT2D eigenvalue weighted by Crippen LogP contribution is 2.62. The van der Waals surface area contributed by atoms with Gasteiger partial charge in [-0.2, -0.15) is 0 Å². The van der Waals surface area contributed by atoms with Crippen LogP contribution >= 0.6 is 0 Å². The molecule has 0 unspecified atom stereocenters. The zero-order valence-corrected chi connectivity index (χ0v) is 15.5. The van der Waals surface area contributed by atoms with Gasteiger partial charge in [0.05, 0.1) is 5.60 Å². The molecular weight excluding hydrogens is 324 g/mol. The molecule has 4 heteroatoms. The summed E-state index contributed by atoms with van der Waals surface area (Å²) < 4.78 is 0. The number of hydrogen-bond donors (Lipinski definition) is 2. The van der Waals surface area contributed by atoms with Crippen molar-refractivity contribution in [1.82, 2.24) is 0 Å². The molecule has 1 aromatic carbocycles. The summed E-state index contributed by atoms with van der Waals surface area (Å²) >= 11 is 0. The van der Waals surface area contributed by atoms with Crippen LogP contribution in [-0.2, 0) is 4.79 Å². The van der Waals surface area contributed by atoms with Gasteiger partial charge in [-0.3, -0.25) is 4.79 Å². The maximum Gasteiger partial charge on any atom is 0.224 e. The maximum atomic E-state index is 12.7. The van der Waals surface area contributed by atoms with E-state index in [4.69, 9.17) is 0 Å². The summed E-state index contributed by atoms with van der Waals surface area (Å²) in [6, 6.07) is 8.29. The molecule has 2 N–H and O–H groups in total. The van der Waals surface area contributed by atoms with Gasteiger partial charge in [0.15, 0.2) is 0 Å². The Hall–Kier alpha value is -1.55. The monoisotopic (exact) mass is 354 g/mol. The van der Waals surface area contributed by atoms with E-state index in [0.29, 0.717) is 18.3 Å². The van der Waals surface area contributed by atoms with E-state index in [1.54, 1.807) is 0 Å². The van der Waals surface area contributed by atoms with Crippen LogP contribution in [0.5, 0.6) is 0 Å². The Morgan fingerprint density at radius 2 is 1.73 bits per heavy atom. The first kappa shape index (κ1) is 16.6. The number of rotatable bonds is 4. The Balaban J connectivity index is 1.24. The molecule has 0 aromatic heterocycles. The molecule has 2 atom stereocenters. The largest absolute Gasteiger partial charge is 0.390 e. The molecule has 1 aliphatic heterocycles. The molecule has 5 fully saturated rings. The predicted octanol–water partition coefficient (Wildman–Crippen LogP) is 3.95. The molecule has 6 rings (SSSR count). The van der Waals surface area contributed by atoms with Gasteiger partial charge in [0.25, 0.3) is 0 Å². The Bertz CT molecular complexity index is 679. The predicted molar refractivity (Wildman–Crippen MR) is 103 cm³/mol. The first-order chi connectivity index (χ1) is 12.5. The van der Waals surface area contributed by atoms with Crippen molar-refractivity contribution in [2.24, 2.45) is 17.3 Å². The zero-order chi connectivity index (χ0) is 17.8. The van der Waals surface area contributed by atoms with E-state index >= 15 is 0 Å². The molecule has 0 spiro atoms. The van der Waals surface area contributed by atoms with E-state index in [1.807, 2.05) is 12.1 Å². The summed E-state index contributed by atoms with van der Waals surface area (Å²) in [7, 11) is 0. The van der Waals surface area contributed by atoms with E-state index in [1.165, 1.54) is 24.9 Å². The fourth-order valence-electron chi connectivity index (χ4n) is 6.89. The first-order valence-electron chi connectivity index (χ1n) is 10.4. The fraction of sp³-hybridized carbons (Fsp3) is 0.682. The number of carbonyl (C=O) groups is 1. The van der Waals surface area contributed by atoms with Crippen molar-refractivity contribution in [3.05, 3.63) is 24.3 Å². The molecule has 140 valence electrons. The van der Waals surface area contributed by atoms with Crippen LogP contribution in [0.2, 0.25) is 0 Å². The van der Waals surface area contributed by atoms with Gasteiger partial charge in [0.2, 0.25) is 5.91 Å². The second-order valence-electron chi connectivity index (χ2n) is 9.65. The van der Waals surface area contributed by atoms with Crippen LogP contribution in [0.25, 0.3) is 0 Å². The topological polar surface area (TPSA) is 52.6 Å². The molecule has 1 amide bonds. The van der Waals surface area contributed by atoms with Gasteiger partial charge in [0.1, 0.15) is 0 Å². The normalized spacial score (nSPS) is 38.0. The molecule has 1 saturated heterocycles.